The molecule has 7 nitrogen and oxygen atoms in total. The summed E-state index contributed by atoms with van der Waals surface area (Å²) in [5.41, 5.74) is 1.31. The van der Waals surface area contributed by atoms with Gasteiger partial charge in [-0.2, -0.15) is 0 Å². The van der Waals surface area contributed by atoms with Crippen LogP contribution in [0, 0.1) is 31.3 Å². The van der Waals surface area contributed by atoms with E-state index in [1.165, 1.54) is 4.90 Å². The number of pyridine rings is 1. The number of aliphatic carboxylic acids is 1. The number of carboxylic acids is 1. The van der Waals surface area contributed by atoms with Crippen molar-refractivity contribution in [1.29, 1.82) is 0 Å². The number of carbonyl (C=O) groups is 2. The molecule has 0 spiro atoms. The summed E-state index contributed by atoms with van der Waals surface area (Å²) < 4.78 is 49.6. The fourth-order valence-electron chi connectivity index (χ4n) is 5.94. The van der Waals surface area contributed by atoms with Crippen molar-refractivity contribution in [2.75, 3.05) is 11.4 Å². The van der Waals surface area contributed by atoms with Crippen molar-refractivity contribution in [3.63, 3.8) is 0 Å². The summed E-state index contributed by atoms with van der Waals surface area (Å²) in [7, 11) is 0. The molecule has 3 aromatic carbocycles. The van der Waals surface area contributed by atoms with Gasteiger partial charge in [0.1, 0.15) is 23.0 Å². The first-order valence-electron chi connectivity index (χ1n) is 14.8. The highest BCUT2D eigenvalue weighted by atomic mass is 19.1. The Hall–Kier alpha value is -4.70. The van der Waals surface area contributed by atoms with Crippen molar-refractivity contribution in [3.05, 3.63) is 124 Å². The molecule has 0 radical (unpaired) electrons. The number of hydrogen-bond acceptors (Lipinski definition) is 5. The summed E-state index contributed by atoms with van der Waals surface area (Å²) in [4.78, 5) is 32.7. The number of hydrogen-bond donors (Lipinski definition) is 2. The minimum absolute atomic E-state index is 0.0866. The Balaban J connectivity index is 1.75. The van der Waals surface area contributed by atoms with Crippen LogP contribution in [-0.4, -0.2) is 34.6 Å². The van der Waals surface area contributed by atoms with E-state index in [2.05, 4.69) is 17.2 Å². The number of anilines is 1. The van der Waals surface area contributed by atoms with Crippen LogP contribution in [0.5, 0.6) is 5.88 Å². The van der Waals surface area contributed by atoms with Crippen LogP contribution in [0.4, 0.5) is 18.9 Å². The fourth-order valence-corrected chi connectivity index (χ4v) is 5.94. The zero-order chi connectivity index (χ0) is 32.3. The van der Waals surface area contributed by atoms with Crippen LogP contribution in [0.2, 0.25) is 0 Å². The summed E-state index contributed by atoms with van der Waals surface area (Å²) in [6.07, 6.45) is 0.955. The number of unbranched alkanes of at least 4 members (excludes halogenated alkanes) is 1. The van der Waals surface area contributed by atoms with E-state index >= 15 is 0 Å². The number of nitrogens with zero attached hydrogens (tertiary/aromatic N) is 2. The van der Waals surface area contributed by atoms with Gasteiger partial charge in [0.2, 0.25) is 17.9 Å². The maximum atomic E-state index is 14.8. The van der Waals surface area contributed by atoms with Crippen LogP contribution in [0.25, 0.3) is 0 Å². The van der Waals surface area contributed by atoms with Crippen molar-refractivity contribution >= 4 is 17.6 Å². The summed E-state index contributed by atoms with van der Waals surface area (Å²) in [6.45, 7) is 4.72. The van der Waals surface area contributed by atoms with Crippen LogP contribution in [0.1, 0.15) is 53.3 Å². The molecule has 45 heavy (non-hydrogen) atoms. The predicted molar refractivity (Wildman–Crippen MR) is 164 cm³/mol. The number of halogens is 3. The lowest BCUT2D eigenvalue weighted by Crippen LogP contribution is -2.58. The molecule has 1 amide bonds. The van der Waals surface area contributed by atoms with Gasteiger partial charge in [-0.1, -0.05) is 55.8 Å². The van der Waals surface area contributed by atoms with Gasteiger partial charge in [-0.15, -0.1) is 0 Å². The van der Waals surface area contributed by atoms with Crippen molar-refractivity contribution in [2.45, 2.75) is 58.2 Å². The second-order valence-corrected chi connectivity index (χ2v) is 11.3. The van der Waals surface area contributed by atoms with Crippen molar-refractivity contribution in [1.82, 2.24) is 10.3 Å². The Bertz CT molecular complexity index is 1700. The van der Waals surface area contributed by atoms with Gasteiger partial charge < -0.3 is 14.7 Å². The molecule has 5 rings (SSSR count). The Kier molecular flexibility index (Phi) is 9.24. The quantitative estimate of drug-likeness (QED) is 0.215. The molecular formula is C35H34F3N3O4. The molecule has 0 unspecified atom stereocenters. The molecule has 1 aliphatic rings. The Labute approximate surface area is 259 Å². The summed E-state index contributed by atoms with van der Waals surface area (Å²) in [5, 5.41) is 14.0. The number of fused-ring (bicyclic) bond motifs is 1. The third-order valence-corrected chi connectivity index (χ3v) is 7.99. The molecule has 1 aliphatic heterocycles. The number of carbonyl (C=O) groups excluding carboxylic acids is 1. The minimum Gasteiger partial charge on any atom is -0.478 e. The van der Waals surface area contributed by atoms with E-state index in [0.29, 0.717) is 29.0 Å². The summed E-state index contributed by atoms with van der Waals surface area (Å²) in [6, 6.07) is 18.6. The molecule has 0 fully saturated rings. The third-order valence-electron chi connectivity index (χ3n) is 7.99. The van der Waals surface area contributed by atoms with E-state index in [-0.39, 0.29) is 11.6 Å². The van der Waals surface area contributed by atoms with Crippen molar-refractivity contribution < 1.29 is 32.6 Å². The molecule has 10 heteroatoms. The van der Waals surface area contributed by atoms with Crippen LogP contribution in [0.3, 0.4) is 0 Å². The Morgan fingerprint density at radius 2 is 1.78 bits per heavy atom. The third kappa shape index (κ3) is 6.42. The van der Waals surface area contributed by atoms with E-state index in [1.54, 1.807) is 43.3 Å². The van der Waals surface area contributed by atoms with Gasteiger partial charge in [0, 0.05) is 40.7 Å². The highest BCUT2D eigenvalue weighted by Gasteiger charge is 2.52. The number of para-hydroxylation sites is 1. The number of nitrogens with one attached hydrogen (secondary N) is 1. The van der Waals surface area contributed by atoms with Gasteiger partial charge >= 0.3 is 5.97 Å². The number of amides is 1. The van der Waals surface area contributed by atoms with E-state index in [9.17, 15) is 27.9 Å². The van der Waals surface area contributed by atoms with Crippen molar-refractivity contribution in [3.8, 4) is 5.88 Å². The normalized spacial score (nSPS) is 17.0. The zero-order valence-electron chi connectivity index (χ0n) is 25.2. The van der Waals surface area contributed by atoms with Crippen LogP contribution in [0.15, 0.2) is 72.8 Å². The van der Waals surface area contributed by atoms with Gasteiger partial charge in [-0.25, -0.2) is 22.9 Å². The topological polar surface area (TPSA) is 91.8 Å². The SMILES string of the molecule is CCCCc1cccc([C@]2([C@H](Oc3cc(C)cc(C)n3)C(=O)O)NCC(=O)N(Cc3c(F)cc(F)cc3F)c3ccccc32)c1. The number of aromatic nitrogens is 1. The second kappa shape index (κ2) is 13.1. The average molecular weight is 618 g/mol. The number of carboxylic acid groups (broad SMARTS) is 1. The average Bonchev–Trinajstić information content (AvgIpc) is 3.11. The molecule has 2 N–H and O–H groups in total. The van der Waals surface area contributed by atoms with Crippen LogP contribution < -0.4 is 15.0 Å². The Morgan fingerprint density at radius 1 is 1.04 bits per heavy atom. The summed E-state index contributed by atoms with van der Waals surface area (Å²) >= 11 is 0. The molecule has 2 atom stereocenters. The summed E-state index contributed by atoms with van der Waals surface area (Å²) in [5.74, 6) is -5.18. The number of aryl methyl sites for hydroxylation is 3. The molecule has 4 aromatic rings. The van der Waals surface area contributed by atoms with E-state index in [4.69, 9.17) is 4.74 Å². The smallest absolute Gasteiger partial charge is 0.347 e. The van der Waals surface area contributed by atoms with Crippen LogP contribution >= 0.6 is 0 Å². The minimum atomic E-state index is -1.67. The second-order valence-electron chi connectivity index (χ2n) is 11.3. The van der Waals surface area contributed by atoms with Crippen LogP contribution in [-0.2, 0) is 28.1 Å². The lowest BCUT2D eigenvalue weighted by Gasteiger charge is -2.40. The van der Waals surface area contributed by atoms with Gasteiger partial charge in [0.15, 0.2) is 0 Å². The molecule has 234 valence electrons. The Morgan fingerprint density at radius 3 is 2.47 bits per heavy atom. The first kappa shape index (κ1) is 31.7. The number of ether oxygens (including phenoxy) is 1. The molecule has 2 heterocycles. The predicted octanol–water partition coefficient (Wildman–Crippen LogP) is 6.37. The van der Waals surface area contributed by atoms with E-state index in [1.807, 2.05) is 31.2 Å². The van der Waals surface area contributed by atoms with Gasteiger partial charge in [-0.3, -0.25) is 10.1 Å². The van der Waals surface area contributed by atoms with Gasteiger partial charge in [0.05, 0.1) is 13.1 Å². The van der Waals surface area contributed by atoms with Gasteiger partial charge in [-0.05, 0) is 55.5 Å². The van der Waals surface area contributed by atoms with E-state index in [0.717, 1.165) is 30.4 Å². The maximum Gasteiger partial charge on any atom is 0.347 e. The molecule has 0 bridgehead atoms. The molecule has 1 aromatic heterocycles. The first-order valence-corrected chi connectivity index (χ1v) is 14.8. The van der Waals surface area contributed by atoms with Gasteiger partial charge in [0.25, 0.3) is 0 Å². The largest absolute Gasteiger partial charge is 0.478 e. The highest BCUT2D eigenvalue weighted by molar-refractivity contribution is 5.97. The lowest BCUT2D eigenvalue weighted by atomic mass is 9.76. The highest BCUT2D eigenvalue weighted by Crippen LogP contribution is 2.43. The lowest BCUT2D eigenvalue weighted by molar-refractivity contribution is -0.149. The van der Waals surface area contributed by atoms with E-state index < -0.39 is 59.6 Å². The molecule has 0 saturated heterocycles. The molecule has 0 saturated carbocycles. The molecule has 0 aliphatic carbocycles. The first-order chi connectivity index (χ1) is 21.5. The maximum absolute atomic E-state index is 14.8. The standard InChI is InChI=1S/C35H34F3N3O4/c1-4-5-9-23-10-8-11-24(16-23)35(33(34(43)44)45-31-15-21(2)14-22(3)40-31)27-12-6-7-13-30(27)41(32(42)19-39-35)20-26-28(37)17-25(36)18-29(26)38/h6-8,10-18,33,39H,4-5,9,19-20H2,1-3H3,(H,43,44)/t33-,35+/m1/s1. The number of rotatable bonds is 10. The fraction of sp³-hybridized carbons (Fsp3) is 0.286. The monoisotopic (exact) mass is 617 g/mol. The number of benzene rings is 3. The zero-order valence-corrected chi connectivity index (χ0v) is 25.2. The molecular weight excluding hydrogens is 583 g/mol. The van der Waals surface area contributed by atoms with Crippen molar-refractivity contribution in [2.24, 2.45) is 0 Å².